The number of isocyanates is 1. The molecule has 100 valence electrons. The van der Waals surface area contributed by atoms with E-state index in [1.165, 1.54) is 0 Å². The molecular formula is C15H18N2O2. The Balaban J connectivity index is 2.03. The Bertz CT molecular complexity index is 529. The summed E-state index contributed by atoms with van der Waals surface area (Å²) in [5.74, 6) is 0.902. The second-order valence-corrected chi connectivity index (χ2v) is 5.39. The summed E-state index contributed by atoms with van der Waals surface area (Å²) in [6.07, 6.45) is 5.84. The van der Waals surface area contributed by atoms with Crippen molar-refractivity contribution in [2.24, 2.45) is 4.99 Å². The molecule has 1 aliphatic carbocycles. The Morgan fingerprint density at radius 3 is 2.89 bits per heavy atom. The predicted molar refractivity (Wildman–Crippen MR) is 73.5 cm³/mol. The van der Waals surface area contributed by atoms with Crippen molar-refractivity contribution in [3.8, 4) is 5.75 Å². The number of hydrogen-bond acceptors (Lipinski definition) is 4. The first kappa shape index (κ1) is 12.2. The van der Waals surface area contributed by atoms with Crippen molar-refractivity contribution >= 4 is 11.8 Å². The fourth-order valence-electron chi connectivity index (χ4n) is 3.16. The van der Waals surface area contributed by atoms with Crippen LogP contribution in [0.4, 0.5) is 5.69 Å². The lowest BCUT2D eigenvalue weighted by molar-refractivity contribution is 0.309. The highest BCUT2D eigenvalue weighted by Crippen LogP contribution is 2.44. The van der Waals surface area contributed by atoms with Crippen LogP contribution in [0.5, 0.6) is 5.75 Å². The molecule has 0 atom stereocenters. The van der Waals surface area contributed by atoms with Crippen molar-refractivity contribution in [3.63, 3.8) is 0 Å². The van der Waals surface area contributed by atoms with Crippen molar-refractivity contribution in [2.75, 3.05) is 25.1 Å². The molecule has 0 radical (unpaired) electrons. The molecule has 0 N–H and O–H groups in total. The molecule has 2 aliphatic rings. The van der Waals surface area contributed by atoms with Crippen molar-refractivity contribution in [1.82, 2.24) is 0 Å². The minimum Gasteiger partial charge on any atom is -0.490 e. The SMILES string of the molecule is CN1CCOc2cc(C3(N=C=O)CCCC3)ccc21. The molecule has 1 heterocycles. The molecule has 0 unspecified atom stereocenters. The van der Waals surface area contributed by atoms with Crippen LogP contribution in [-0.2, 0) is 10.3 Å². The summed E-state index contributed by atoms with van der Waals surface area (Å²) < 4.78 is 5.74. The monoisotopic (exact) mass is 258 g/mol. The maximum absolute atomic E-state index is 10.7. The van der Waals surface area contributed by atoms with Gasteiger partial charge in [-0.2, -0.15) is 4.99 Å². The summed E-state index contributed by atoms with van der Waals surface area (Å²) in [5, 5.41) is 0. The van der Waals surface area contributed by atoms with Crippen molar-refractivity contribution in [2.45, 2.75) is 31.2 Å². The molecule has 3 rings (SSSR count). The maximum Gasteiger partial charge on any atom is 0.235 e. The molecule has 0 spiro atoms. The van der Waals surface area contributed by atoms with E-state index in [4.69, 9.17) is 4.74 Å². The van der Waals surface area contributed by atoms with Gasteiger partial charge in [0.2, 0.25) is 6.08 Å². The Labute approximate surface area is 113 Å². The molecule has 1 aromatic carbocycles. The van der Waals surface area contributed by atoms with Gasteiger partial charge in [-0.25, -0.2) is 4.79 Å². The van der Waals surface area contributed by atoms with Crippen LogP contribution in [0.1, 0.15) is 31.2 Å². The Kier molecular flexibility index (Phi) is 3.03. The highest BCUT2D eigenvalue weighted by molar-refractivity contribution is 5.61. The van der Waals surface area contributed by atoms with Gasteiger partial charge in [-0.15, -0.1) is 0 Å². The molecule has 1 fully saturated rings. The standard InChI is InChI=1S/C15H18N2O2/c1-17-8-9-19-14-10-12(4-5-13(14)17)15(16-11-18)6-2-3-7-15/h4-5,10H,2-3,6-9H2,1H3. The smallest absolute Gasteiger partial charge is 0.235 e. The second kappa shape index (κ2) is 4.71. The summed E-state index contributed by atoms with van der Waals surface area (Å²) in [5.41, 5.74) is 1.83. The summed E-state index contributed by atoms with van der Waals surface area (Å²) in [6, 6.07) is 6.21. The lowest BCUT2D eigenvalue weighted by Gasteiger charge is -2.30. The van der Waals surface area contributed by atoms with E-state index in [1.54, 1.807) is 6.08 Å². The minimum absolute atomic E-state index is 0.365. The first-order valence-electron chi connectivity index (χ1n) is 6.83. The molecule has 0 aromatic heterocycles. The number of carbonyl (C=O) groups excluding carboxylic acids is 1. The average molecular weight is 258 g/mol. The number of aliphatic imine (C=N–C) groups is 1. The first-order chi connectivity index (χ1) is 9.25. The number of rotatable bonds is 2. The van der Waals surface area contributed by atoms with Gasteiger partial charge in [-0.3, -0.25) is 0 Å². The summed E-state index contributed by atoms with van der Waals surface area (Å²) in [4.78, 5) is 17.1. The van der Waals surface area contributed by atoms with E-state index in [0.29, 0.717) is 6.61 Å². The predicted octanol–water partition coefficient (Wildman–Crippen LogP) is 2.62. The Hall–Kier alpha value is -1.80. The fraction of sp³-hybridized carbons (Fsp3) is 0.533. The first-order valence-corrected chi connectivity index (χ1v) is 6.83. The lowest BCUT2D eigenvalue weighted by Crippen LogP contribution is -2.29. The summed E-state index contributed by atoms with van der Waals surface area (Å²) in [6.45, 7) is 1.61. The second-order valence-electron chi connectivity index (χ2n) is 5.39. The molecule has 4 heteroatoms. The van der Waals surface area contributed by atoms with Gasteiger partial charge in [-0.05, 0) is 30.5 Å². The van der Waals surface area contributed by atoms with Gasteiger partial charge >= 0.3 is 0 Å². The van der Waals surface area contributed by atoms with E-state index in [9.17, 15) is 4.79 Å². The highest BCUT2D eigenvalue weighted by atomic mass is 16.5. The van der Waals surface area contributed by atoms with Gasteiger partial charge in [0.1, 0.15) is 12.4 Å². The number of likely N-dealkylation sites (N-methyl/N-ethyl adjacent to an activating group) is 1. The third-order valence-corrected chi connectivity index (χ3v) is 4.28. The lowest BCUT2D eigenvalue weighted by atomic mass is 9.88. The molecule has 1 saturated carbocycles. The number of hydrogen-bond donors (Lipinski definition) is 0. The normalized spacial score (nSPS) is 20.4. The molecular weight excluding hydrogens is 240 g/mol. The number of fused-ring (bicyclic) bond motifs is 1. The van der Waals surface area contributed by atoms with E-state index < -0.39 is 0 Å². The summed E-state index contributed by atoms with van der Waals surface area (Å²) >= 11 is 0. The molecule has 4 nitrogen and oxygen atoms in total. The minimum atomic E-state index is -0.365. The van der Waals surface area contributed by atoms with Crippen LogP contribution in [-0.4, -0.2) is 26.3 Å². The van der Waals surface area contributed by atoms with Crippen LogP contribution in [0.15, 0.2) is 23.2 Å². The zero-order chi connectivity index (χ0) is 13.3. The molecule has 0 bridgehead atoms. The van der Waals surface area contributed by atoms with E-state index >= 15 is 0 Å². The Morgan fingerprint density at radius 1 is 1.37 bits per heavy atom. The average Bonchev–Trinajstić information content (AvgIpc) is 2.89. The number of benzene rings is 1. The summed E-state index contributed by atoms with van der Waals surface area (Å²) in [7, 11) is 2.07. The van der Waals surface area contributed by atoms with Crippen LogP contribution < -0.4 is 9.64 Å². The van der Waals surface area contributed by atoms with Crippen LogP contribution in [0.2, 0.25) is 0 Å². The van der Waals surface area contributed by atoms with Crippen LogP contribution >= 0.6 is 0 Å². The van der Waals surface area contributed by atoms with E-state index in [-0.39, 0.29) is 5.54 Å². The highest BCUT2D eigenvalue weighted by Gasteiger charge is 2.36. The molecule has 0 amide bonds. The van der Waals surface area contributed by atoms with E-state index in [0.717, 1.165) is 49.2 Å². The van der Waals surface area contributed by atoms with Crippen molar-refractivity contribution in [1.29, 1.82) is 0 Å². The molecule has 1 aromatic rings. The third kappa shape index (κ3) is 2.02. The van der Waals surface area contributed by atoms with Crippen molar-refractivity contribution < 1.29 is 9.53 Å². The van der Waals surface area contributed by atoms with Gasteiger partial charge < -0.3 is 9.64 Å². The van der Waals surface area contributed by atoms with Crippen LogP contribution in [0.3, 0.4) is 0 Å². The number of nitrogens with zero attached hydrogens (tertiary/aromatic N) is 2. The van der Waals surface area contributed by atoms with E-state index in [2.05, 4.69) is 35.1 Å². The zero-order valence-corrected chi connectivity index (χ0v) is 11.2. The molecule has 19 heavy (non-hydrogen) atoms. The van der Waals surface area contributed by atoms with Gasteiger partial charge in [0, 0.05) is 7.05 Å². The number of anilines is 1. The van der Waals surface area contributed by atoms with Gasteiger partial charge in [0.05, 0.1) is 17.8 Å². The fourth-order valence-corrected chi connectivity index (χ4v) is 3.16. The van der Waals surface area contributed by atoms with Gasteiger partial charge in [0.15, 0.2) is 0 Å². The van der Waals surface area contributed by atoms with Crippen LogP contribution in [0.25, 0.3) is 0 Å². The largest absolute Gasteiger partial charge is 0.490 e. The molecule has 1 aliphatic heterocycles. The van der Waals surface area contributed by atoms with Gasteiger partial charge in [0.25, 0.3) is 0 Å². The topological polar surface area (TPSA) is 41.9 Å². The van der Waals surface area contributed by atoms with E-state index in [1.807, 2.05) is 0 Å². The maximum atomic E-state index is 10.7. The molecule has 0 saturated heterocycles. The third-order valence-electron chi connectivity index (χ3n) is 4.28. The van der Waals surface area contributed by atoms with Crippen molar-refractivity contribution in [3.05, 3.63) is 23.8 Å². The number of ether oxygens (including phenoxy) is 1. The van der Waals surface area contributed by atoms with Crippen LogP contribution in [0, 0.1) is 0 Å². The zero-order valence-electron chi connectivity index (χ0n) is 11.2. The van der Waals surface area contributed by atoms with Gasteiger partial charge in [-0.1, -0.05) is 18.9 Å². The quantitative estimate of drug-likeness (QED) is 0.605. The Morgan fingerprint density at radius 2 is 2.16 bits per heavy atom.